The van der Waals surface area contributed by atoms with Gasteiger partial charge in [0.05, 0.1) is 7.11 Å². The van der Waals surface area contributed by atoms with Gasteiger partial charge in [-0.2, -0.15) is 0 Å². The highest BCUT2D eigenvalue weighted by Crippen LogP contribution is 2.23. The molecule has 0 radical (unpaired) electrons. The largest absolute Gasteiger partial charge is 0.466 e. The summed E-state index contributed by atoms with van der Waals surface area (Å²) in [7, 11) is 1.40. The van der Waals surface area contributed by atoms with Crippen LogP contribution in [-0.2, 0) is 9.53 Å². The molecule has 0 aromatic rings. The van der Waals surface area contributed by atoms with Crippen LogP contribution in [0.5, 0.6) is 0 Å². The van der Waals surface area contributed by atoms with E-state index in [-0.39, 0.29) is 5.97 Å². The predicted octanol–water partition coefficient (Wildman–Crippen LogP) is 5.15. The Balaban J connectivity index is 4.01. The van der Waals surface area contributed by atoms with Gasteiger partial charge in [0, 0.05) is 6.08 Å². The van der Waals surface area contributed by atoms with Crippen molar-refractivity contribution in [3.63, 3.8) is 0 Å². The van der Waals surface area contributed by atoms with E-state index in [0.717, 1.165) is 23.8 Å². The molecule has 0 saturated heterocycles. The second kappa shape index (κ2) is 10.7. The summed E-state index contributed by atoms with van der Waals surface area (Å²) in [5.74, 6) is 2.04. The molecule has 0 rings (SSSR count). The van der Waals surface area contributed by atoms with Crippen LogP contribution in [0.4, 0.5) is 0 Å². The highest BCUT2D eigenvalue weighted by atomic mass is 16.5. The summed E-state index contributed by atoms with van der Waals surface area (Å²) in [6, 6.07) is 0. The van der Waals surface area contributed by atoms with Crippen LogP contribution in [-0.4, -0.2) is 13.1 Å². The normalized spacial score (nSPS) is 17.0. The third kappa shape index (κ3) is 8.95. The average molecular weight is 280 g/mol. The number of allylic oxidation sites excluding steroid dienone is 3. The van der Waals surface area contributed by atoms with Gasteiger partial charge in [-0.1, -0.05) is 59.1 Å². The third-order valence-corrected chi connectivity index (χ3v) is 4.20. The van der Waals surface area contributed by atoms with Crippen molar-refractivity contribution in [1.82, 2.24) is 0 Å². The first-order valence-electron chi connectivity index (χ1n) is 7.83. The molecule has 0 aromatic carbocycles. The highest BCUT2D eigenvalue weighted by molar-refractivity contribution is 5.83. The Morgan fingerprint density at radius 3 is 2.35 bits per heavy atom. The molecule has 0 N–H and O–H groups in total. The molecule has 0 amide bonds. The molecule has 0 aliphatic carbocycles. The Morgan fingerprint density at radius 2 is 1.80 bits per heavy atom. The maximum atomic E-state index is 11.1. The third-order valence-electron chi connectivity index (χ3n) is 4.20. The van der Waals surface area contributed by atoms with Crippen molar-refractivity contribution in [2.45, 2.75) is 60.3 Å². The molecule has 0 aliphatic heterocycles. The number of methoxy groups -OCH3 is 1. The lowest BCUT2D eigenvalue weighted by Crippen LogP contribution is -2.08. The van der Waals surface area contributed by atoms with Crippen molar-refractivity contribution < 1.29 is 9.53 Å². The predicted molar refractivity (Wildman–Crippen MR) is 86.5 cm³/mol. The molecule has 0 spiro atoms. The quantitative estimate of drug-likeness (QED) is 0.331. The van der Waals surface area contributed by atoms with Gasteiger partial charge in [0.15, 0.2) is 0 Å². The Kier molecular flexibility index (Phi) is 10.1. The van der Waals surface area contributed by atoms with Gasteiger partial charge in [0.25, 0.3) is 0 Å². The summed E-state index contributed by atoms with van der Waals surface area (Å²) in [5.41, 5.74) is 0.942. The van der Waals surface area contributed by atoms with Gasteiger partial charge in [-0.3, -0.25) is 0 Å². The zero-order valence-electron chi connectivity index (χ0n) is 14.1. The number of hydrogen-bond donors (Lipinski definition) is 0. The Morgan fingerprint density at radius 1 is 1.15 bits per heavy atom. The fourth-order valence-electron chi connectivity index (χ4n) is 2.13. The van der Waals surface area contributed by atoms with E-state index in [2.05, 4.69) is 38.5 Å². The lowest BCUT2D eigenvalue weighted by molar-refractivity contribution is -0.134. The molecule has 0 aliphatic rings. The topological polar surface area (TPSA) is 26.3 Å². The molecule has 20 heavy (non-hydrogen) atoms. The molecule has 3 unspecified atom stereocenters. The van der Waals surface area contributed by atoms with Crippen LogP contribution in [0, 0.1) is 17.8 Å². The SMILES string of the molecule is CCC(C)C(C)CCC(C)CC=CC(C)=CC(=O)OC. The number of rotatable bonds is 9. The van der Waals surface area contributed by atoms with E-state index < -0.39 is 0 Å². The zero-order valence-corrected chi connectivity index (χ0v) is 14.1. The fraction of sp³-hybridized carbons (Fsp3) is 0.722. The van der Waals surface area contributed by atoms with Crippen LogP contribution in [0.15, 0.2) is 23.8 Å². The summed E-state index contributed by atoms with van der Waals surface area (Å²) >= 11 is 0. The van der Waals surface area contributed by atoms with Gasteiger partial charge < -0.3 is 4.74 Å². The van der Waals surface area contributed by atoms with E-state index >= 15 is 0 Å². The number of carbonyl (C=O) groups is 1. The molecular formula is C18H32O2. The summed E-state index contributed by atoms with van der Waals surface area (Å²) < 4.78 is 4.60. The van der Waals surface area contributed by atoms with Gasteiger partial charge in [0.2, 0.25) is 0 Å². The first kappa shape index (κ1) is 18.9. The Bertz CT molecular complexity index is 328. The minimum Gasteiger partial charge on any atom is -0.466 e. The van der Waals surface area contributed by atoms with Gasteiger partial charge >= 0.3 is 5.97 Å². The van der Waals surface area contributed by atoms with E-state index in [1.165, 1.54) is 32.4 Å². The average Bonchev–Trinajstić information content (AvgIpc) is 2.43. The summed E-state index contributed by atoms with van der Waals surface area (Å²) in [4.78, 5) is 11.1. The van der Waals surface area contributed by atoms with Gasteiger partial charge in [-0.15, -0.1) is 0 Å². The molecule has 0 bridgehead atoms. The fourth-order valence-corrected chi connectivity index (χ4v) is 2.13. The lowest BCUT2D eigenvalue weighted by atomic mass is 9.86. The van der Waals surface area contributed by atoms with E-state index in [9.17, 15) is 4.79 Å². The standard InChI is InChI=1S/C18H32O2/c1-7-16(4)17(5)12-11-14(2)9-8-10-15(3)13-18(19)20-6/h8,10,13-14,16-17H,7,9,11-12H2,1-6H3. The zero-order chi connectivity index (χ0) is 15.5. The first-order chi connectivity index (χ1) is 9.40. The van der Waals surface area contributed by atoms with Crippen LogP contribution in [0.1, 0.15) is 60.3 Å². The number of hydrogen-bond acceptors (Lipinski definition) is 2. The first-order valence-corrected chi connectivity index (χ1v) is 7.83. The van der Waals surface area contributed by atoms with Crippen LogP contribution in [0.3, 0.4) is 0 Å². The van der Waals surface area contributed by atoms with Crippen LogP contribution < -0.4 is 0 Å². The smallest absolute Gasteiger partial charge is 0.330 e. The highest BCUT2D eigenvalue weighted by Gasteiger charge is 2.11. The van der Waals surface area contributed by atoms with Crippen LogP contribution in [0.25, 0.3) is 0 Å². The molecule has 2 heteroatoms. The number of esters is 1. The van der Waals surface area contributed by atoms with Gasteiger partial charge in [-0.25, -0.2) is 4.79 Å². The summed E-state index contributed by atoms with van der Waals surface area (Å²) in [5, 5.41) is 0. The molecule has 0 aromatic heterocycles. The molecular weight excluding hydrogens is 248 g/mol. The molecule has 0 heterocycles. The lowest BCUT2D eigenvalue weighted by Gasteiger charge is -2.19. The maximum Gasteiger partial charge on any atom is 0.330 e. The molecule has 0 saturated carbocycles. The molecule has 116 valence electrons. The minimum absolute atomic E-state index is 0.289. The number of ether oxygens (including phenoxy) is 1. The molecule has 2 nitrogen and oxygen atoms in total. The van der Waals surface area contributed by atoms with E-state index in [0.29, 0.717) is 5.92 Å². The van der Waals surface area contributed by atoms with Gasteiger partial charge in [-0.05, 0) is 36.7 Å². The minimum atomic E-state index is -0.289. The van der Waals surface area contributed by atoms with E-state index in [1.807, 2.05) is 13.0 Å². The Hall–Kier alpha value is -1.05. The number of carbonyl (C=O) groups excluding carboxylic acids is 1. The summed E-state index contributed by atoms with van der Waals surface area (Å²) in [6.45, 7) is 11.2. The van der Waals surface area contributed by atoms with Crippen molar-refractivity contribution in [3.8, 4) is 0 Å². The van der Waals surface area contributed by atoms with Gasteiger partial charge in [0.1, 0.15) is 0 Å². The van der Waals surface area contributed by atoms with Crippen molar-refractivity contribution in [1.29, 1.82) is 0 Å². The van der Waals surface area contributed by atoms with Crippen LogP contribution in [0.2, 0.25) is 0 Å². The molecule has 3 atom stereocenters. The van der Waals surface area contributed by atoms with Crippen molar-refractivity contribution in [2.75, 3.05) is 7.11 Å². The second-order valence-corrected chi connectivity index (χ2v) is 6.09. The second-order valence-electron chi connectivity index (χ2n) is 6.09. The summed E-state index contributed by atoms with van der Waals surface area (Å²) in [6.07, 6.45) is 10.6. The Labute approximate surface area is 125 Å². The van der Waals surface area contributed by atoms with Crippen molar-refractivity contribution >= 4 is 5.97 Å². The molecule has 0 fully saturated rings. The van der Waals surface area contributed by atoms with Crippen molar-refractivity contribution in [2.24, 2.45) is 17.8 Å². The van der Waals surface area contributed by atoms with Crippen LogP contribution >= 0.6 is 0 Å². The van der Waals surface area contributed by atoms with E-state index in [4.69, 9.17) is 0 Å². The van der Waals surface area contributed by atoms with E-state index in [1.54, 1.807) is 0 Å². The maximum absolute atomic E-state index is 11.1. The van der Waals surface area contributed by atoms with Crippen molar-refractivity contribution in [3.05, 3.63) is 23.8 Å². The monoisotopic (exact) mass is 280 g/mol.